The maximum Gasteiger partial charge on any atom is 0.251 e. The van der Waals surface area contributed by atoms with Crippen LogP contribution >= 0.6 is 0 Å². The Morgan fingerprint density at radius 1 is 1.03 bits per heavy atom. The minimum atomic E-state index is -0.269. The number of hydrogen-bond donors (Lipinski definition) is 2. The van der Waals surface area contributed by atoms with Gasteiger partial charge in [0.2, 0.25) is 11.8 Å². The van der Waals surface area contributed by atoms with Crippen molar-refractivity contribution < 1.29 is 14.4 Å². The summed E-state index contributed by atoms with van der Waals surface area (Å²) in [6.45, 7) is 7.12. The van der Waals surface area contributed by atoms with E-state index in [9.17, 15) is 14.4 Å². The molecule has 1 unspecified atom stereocenters. The van der Waals surface area contributed by atoms with Crippen LogP contribution in [-0.2, 0) is 16.0 Å². The molecule has 170 valence electrons. The Morgan fingerprint density at radius 3 is 2.38 bits per heavy atom. The fourth-order valence-electron chi connectivity index (χ4n) is 3.72. The molecule has 2 N–H and O–H groups in total. The minimum Gasteiger partial charge on any atom is -0.347 e. The van der Waals surface area contributed by atoms with Crippen LogP contribution in [0.1, 0.15) is 56.0 Å². The van der Waals surface area contributed by atoms with Gasteiger partial charge in [0.1, 0.15) is 0 Å². The molecule has 0 saturated carbocycles. The average Bonchev–Trinajstić information content (AvgIpc) is 2.80. The van der Waals surface area contributed by atoms with Gasteiger partial charge in [0, 0.05) is 29.9 Å². The summed E-state index contributed by atoms with van der Waals surface area (Å²) in [6.07, 6.45) is 2.76. The maximum absolute atomic E-state index is 12.8. The first kappa shape index (κ1) is 23.5. The van der Waals surface area contributed by atoms with Crippen LogP contribution in [0.5, 0.6) is 0 Å². The molecule has 0 radical (unpaired) electrons. The van der Waals surface area contributed by atoms with E-state index in [1.807, 2.05) is 51.1 Å². The van der Waals surface area contributed by atoms with Crippen molar-refractivity contribution in [3.05, 3.63) is 65.7 Å². The van der Waals surface area contributed by atoms with E-state index in [1.54, 1.807) is 29.2 Å². The van der Waals surface area contributed by atoms with Crippen LogP contribution < -0.4 is 10.6 Å². The number of nitrogens with zero attached hydrogens (tertiary/aromatic N) is 1. The van der Waals surface area contributed by atoms with Gasteiger partial charge in [0.15, 0.2) is 0 Å². The Bertz CT molecular complexity index is 939. The maximum atomic E-state index is 12.8. The van der Waals surface area contributed by atoms with Crippen molar-refractivity contribution in [2.24, 2.45) is 5.92 Å². The van der Waals surface area contributed by atoms with Gasteiger partial charge in [-0.25, -0.2) is 0 Å². The number of piperidine rings is 1. The normalized spacial score (nSPS) is 16.3. The predicted octanol–water partition coefficient (Wildman–Crippen LogP) is 4.02. The largest absolute Gasteiger partial charge is 0.347 e. The summed E-state index contributed by atoms with van der Waals surface area (Å²) >= 11 is 0. The Hall–Kier alpha value is -3.15. The van der Waals surface area contributed by atoms with Crippen LogP contribution in [0.2, 0.25) is 0 Å². The molecule has 2 aromatic carbocycles. The Kier molecular flexibility index (Phi) is 7.67. The van der Waals surface area contributed by atoms with Crippen LogP contribution in [0, 0.1) is 5.92 Å². The van der Waals surface area contributed by atoms with Crippen molar-refractivity contribution in [2.75, 3.05) is 18.4 Å². The molecule has 3 amide bonds. The fourth-order valence-corrected chi connectivity index (χ4v) is 3.72. The van der Waals surface area contributed by atoms with Crippen molar-refractivity contribution >= 4 is 23.4 Å². The number of anilines is 1. The molecule has 0 aromatic heterocycles. The number of hydrogen-bond acceptors (Lipinski definition) is 3. The van der Waals surface area contributed by atoms with Gasteiger partial charge in [-0.15, -0.1) is 0 Å². The number of nitrogens with one attached hydrogen (secondary N) is 2. The molecule has 0 aliphatic carbocycles. The smallest absolute Gasteiger partial charge is 0.251 e. The molecule has 1 aliphatic rings. The lowest BCUT2D eigenvalue weighted by molar-refractivity contribution is -0.133. The highest BCUT2D eigenvalue weighted by Crippen LogP contribution is 2.20. The van der Waals surface area contributed by atoms with Gasteiger partial charge in [0.25, 0.3) is 5.91 Å². The lowest BCUT2D eigenvalue weighted by Gasteiger charge is -2.32. The minimum absolute atomic E-state index is 0.0547. The molecule has 0 spiro atoms. The van der Waals surface area contributed by atoms with E-state index in [2.05, 4.69) is 10.6 Å². The molecule has 32 heavy (non-hydrogen) atoms. The van der Waals surface area contributed by atoms with Crippen molar-refractivity contribution in [1.82, 2.24) is 10.2 Å². The average molecular weight is 436 g/mol. The third-order valence-corrected chi connectivity index (χ3v) is 6.09. The number of rotatable bonds is 7. The van der Waals surface area contributed by atoms with Crippen LogP contribution in [-0.4, -0.2) is 41.2 Å². The molecule has 1 heterocycles. The molecule has 0 bridgehead atoms. The Balaban J connectivity index is 1.54. The van der Waals surface area contributed by atoms with Gasteiger partial charge in [0.05, 0.1) is 12.3 Å². The number of carbonyl (C=O) groups excluding carboxylic acids is 3. The summed E-state index contributed by atoms with van der Waals surface area (Å²) in [5.74, 6) is -0.406. The first-order valence-corrected chi connectivity index (χ1v) is 11.3. The molecule has 6 nitrogen and oxygen atoms in total. The van der Waals surface area contributed by atoms with Gasteiger partial charge in [-0.2, -0.15) is 0 Å². The van der Waals surface area contributed by atoms with E-state index in [0.29, 0.717) is 30.8 Å². The summed E-state index contributed by atoms with van der Waals surface area (Å²) < 4.78 is 0. The summed E-state index contributed by atoms with van der Waals surface area (Å²) in [5.41, 5.74) is 1.92. The van der Waals surface area contributed by atoms with Gasteiger partial charge < -0.3 is 15.5 Å². The summed E-state index contributed by atoms with van der Waals surface area (Å²) in [7, 11) is 0. The van der Waals surface area contributed by atoms with Crippen molar-refractivity contribution in [2.45, 2.75) is 52.0 Å². The van der Waals surface area contributed by atoms with E-state index in [4.69, 9.17) is 0 Å². The standard InChI is InChI=1S/C26H33N3O3/c1-4-26(2,3)28-25(32)20-12-14-22(15-13-20)27-24(31)21-11-8-16-29(18-21)23(30)17-19-9-6-5-7-10-19/h5-7,9-10,12-15,21H,4,8,11,16-18H2,1-3H3,(H,27,31)(H,28,32). The monoisotopic (exact) mass is 435 g/mol. The van der Waals surface area contributed by atoms with Crippen molar-refractivity contribution in [3.8, 4) is 0 Å². The van der Waals surface area contributed by atoms with Gasteiger partial charge in [-0.1, -0.05) is 37.3 Å². The summed E-state index contributed by atoms with van der Waals surface area (Å²) in [6, 6.07) is 16.6. The topological polar surface area (TPSA) is 78.5 Å². The van der Waals surface area contributed by atoms with Gasteiger partial charge >= 0.3 is 0 Å². The SMILES string of the molecule is CCC(C)(C)NC(=O)c1ccc(NC(=O)C2CCCN(C(=O)Cc3ccccc3)C2)cc1. The summed E-state index contributed by atoms with van der Waals surface area (Å²) in [4.78, 5) is 39.7. The van der Waals surface area contributed by atoms with E-state index in [0.717, 1.165) is 24.8 Å². The lowest BCUT2D eigenvalue weighted by Crippen LogP contribution is -2.44. The third kappa shape index (κ3) is 6.42. The van der Waals surface area contributed by atoms with E-state index < -0.39 is 0 Å². The Morgan fingerprint density at radius 2 is 1.72 bits per heavy atom. The Labute approximate surface area is 190 Å². The number of amides is 3. The second-order valence-corrected chi connectivity index (χ2v) is 9.10. The molecule has 1 atom stereocenters. The third-order valence-electron chi connectivity index (χ3n) is 6.09. The van der Waals surface area contributed by atoms with Gasteiger partial charge in [-0.3, -0.25) is 14.4 Å². The van der Waals surface area contributed by atoms with E-state index in [-0.39, 0.29) is 29.2 Å². The highest BCUT2D eigenvalue weighted by molar-refractivity contribution is 5.96. The first-order chi connectivity index (χ1) is 15.3. The summed E-state index contributed by atoms with van der Waals surface area (Å²) in [5, 5.41) is 5.94. The lowest BCUT2D eigenvalue weighted by atomic mass is 9.96. The molecule has 2 aromatic rings. The number of likely N-dealkylation sites (tertiary alicyclic amines) is 1. The highest BCUT2D eigenvalue weighted by Gasteiger charge is 2.28. The van der Waals surface area contributed by atoms with E-state index >= 15 is 0 Å². The zero-order valence-electron chi connectivity index (χ0n) is 19.2. The molecular weight excluding hydrogens is 402 g/mol. The van der Waals surface area contributed by atoms with E-state index in [1.165, 1.54) is 0 Å². The molecule has 3 rings (SSSR count). The predicted molar refractivity (Wildman–Crippen MR) is 126 cm³/mol. The first-order valence-electron chi connectivity index (χ1n) is 11.3. The second kappa shape index (κ2) is 10.4. The fraction of sp³-hybridized carbons (Fsp3) is 0.423. The highest BCUT2D eigenvalue weighted by atomic mass is 16.2. The number of benzene rings is 2. The van der Waals surface area contributed by atoms with Crippen LogP contribution in [0.4, 0.5) is 5.69 Å². The molecule has 1 saturated heterocycles. The second-order valence-electron chi connectivity index (χ2n) is 9.10. The molecular formula is C26H33N3O3. The number of carbonyl (C=O) groups is 3. The van der Waals surface area contributed by atoms with Crippen molar-refractivity contribution in [3.63, 3.8) is 0 Å². The van der Waals surface area contributed by atoms with Crippen molar-refractivity contribution in [1.29, 1.82) is 0 Å². The van der Waals surface area contributed by atoms with Crippen LogP contribution in [0.15, 0.2) is 54.6 Å². The van der Waals surface area contributed by atoms with Crippen LogP contribution in [0.3, 0.4) is 0 Å². The molecule has 1 fully saturated rings. The molecule has 6 heteroatoms. The zero-order chi connectivity index (χ0) is 23.1. The zero-order valence-corrected chi connectivity index (χ0v) is 19.2. The molecule has 1 aliphatic heterocycles. The van der Waals surface area contributed by atoms with Gasteiger partial charge in [-0.05, 0) is 62.9 Å². The quantitative estimate of drug-likeness (QED) is 0.689. The van der Waals surface area contributed by atoms with Crippen LogP contribution in [0.25, 0.3) is 0 Å².